The Labute approximate surface area is 170 Å². The van der Waals surface area contributed by atoms with Crippen LogP contribution < -0.4 is 5.32 Å². The van der Waals surface area contributed by atoms with Gasteiger partial charge in [-0.2, -0.15) is 4.98 Å². The first-order chi connectivity index (χ1) is 13.6. The summed E-state index contributed by atoms with van der Waals surface area (Å²) in [5, 5.41) is 6.88. The van der Waals surface area contributed by atoms with Crippen molar-refractivity contribution in [2.24, 2.45) is 0 Å². The maximum Gasteiger partial charge on any atom is 0.410 e. The molecule has 1 aliphatic rings. The van der Waals surface area contributed by atoms with Crippen molar-refractivity contribution in [3.05, 3.63) is 35.7 Å². The Kier molecular flexibility index (Phi) is 5.91. The zero-order chi connectivity index (χ0) is 21.2. The molecular weight excluding hydrogens is 372 g/mol. The molecule has 0 radical (unpaired) electrons. The number of benzene rings is 1. The van der Waals surface area contributed by atoms with Gasteiger partial charge in [-0.15, -0.1) is 0 Å². The largest absolute Gasteiger partial charge is 0.444 e. The number of rotatable bonds is 3. The fourth-order valence-electron chi connectivity index (χ4n) is 3.43. The number of ether oxygens (including phenoxy) is 1. The number of hydrogen-bond acceptors (Lipinski definition) is 6. The Balaban J connectivity index is 1.65. The molecular formula is C21H28N4O4. The van der Waals surface area contributed by atoms with Gasteiger partial charge in [0, 0.05) is 18.6 Å². The molecule has 0 bridgehead atoms. The molecule has 3 rings (SSSR count). The van der Waals surface area contributed by atoms with Crippen LogP contribution in [0.5, 0.6) is 0 Å². The Morgan fingerprint density at radius 2 is 2.00 bits per heavy atom. The van der Waals surface area contributed by atoms with Crippen LogP contribution in [0.4, 0.5) is 4.79 Å². The minimum absolute atomic E-state index is 0.0299. The smallest absolute Gasteiger partial charge is 0.410 e. The molecule has 8 heteroatoms. The van der Waals surface area contributed by atoms with Crippen LogP contribution in [0.15, 0.2) is 28.8 Å². The van der Waals surface area contributed by atoms with Gasteiger partial charge in [0.25, 0.3) is 11.8 Å². The molecule has 2 heterocycles. The topological polar surface area (TPSA) is 97.6 Å². The van der Waals surface area contributed by atoms with Gasteiger partial charge in [0.2, 0.25) is 0 Å². The van der Waals surface area contributed by atoms with Crippen molar-refractivity contribution in [1.29, 1.82) is 0 Å². The molecule has 2 atom stereocenters. The van der Waals surface area contributed by atoms with Crippen molar-refractivity contribution >= 4 is 12.0 Å². The van der Waals surface area contributed by atoms with E-state index >= 15 is 0 Å². The normalized spacial score (nSPS) is 19.7. The Morgan fingerprint density at radius 3 is 2.62 bits per heavy atom. The number of nitrogens with one attached hydrogen (secondary N) is 1. The molecule has 0 spiro atoms. The molecule has 1 aromatic carbocycles. The van der Waals surface area contributed by atoms with Gasteiger partial charge in [-0.05, 0) is 59.6 Å². The zero-order valence-corrected chi connectivity index (χ0v) is 17.6. The summed E-state index contributed by atoms with van der Waals surface area (Å²) >= 11 is 0. The van der Waals surface area contributed by atoms with Crippen LogP contribution in [0.25, 0.3) is 11.5 Å². The van der Waals surface area contributed by atoms with Gasteiger partial charge >= 0.3 is 6.09 Å². The van der Waals surface area contributed by atoms with E-state index in [0.29, 0.717) is 42.2 Å². The van der Waals surface area contributed by atoms with E-state index in [1.807, 2.05) is 33.8 Å². The number of carbonyl (C=O) groups is 2. The molecule has 1 aromatic heterocycles. The number of piperidine rings is 1. The van der Waals surface area contributed by atoms with Crippen molar-refractivity contribution < 1.29 is 18.8 Å². The van der Waals surface area contributed by atoms with Gasteiger partial charge < -0.3 is 19.5 Å². The van der Waals surface area contributed by atoms with Crippen LogP contribution in [-0.4, -0.2) is 51.3 Å². The highest BCUT2D eigenvalue weighted by Gasteiger charge is 2.32. The van der Waals surface area contributed by atoms with Gasteiger partial charge in [0.05, 0.1) is 11.1 Å². The maximum atomic E-state index is 12.9. The summed E-state index contributed by atoms with van der Waals surface area (Å²) in [5.74, 6) is 0.638. The van der Waals surface area contributed by atoms with Crippen molar-refractivity contribution in [3.63, 3.8) is 0 Å². The molecule has 29 heavy (non-hydrogen) atoms. The lowest BCUT2D eigenvalue weighted by atomic mass is 9.97. The predicted molar refractivity (Wildman–Crippen MR) is 107 cm³/mol. The lowest BCUT2D eigenvalue weighted by Gasteiger charge is -2.38. The highest BCUT2D eigenvalue weighted by Crippen LogP contribution is 2.24. The summed E-state index contributed by atoms with van der Waals surface area (Å²) in [6, 6.07) is 7.09. The molecule has 0 saturated carbocycles. The van der Waals surface area contributed by atoms with E-state index < -0.39 is 5.60 Å². The number of nitrogens with zero attached hydrogens (tertiary/aromatic N) is 3. The van der Waals surface area contributed by atoms with Crippen molar-refractivity contribution in [2.75, 3.05) is 6.54 Å². The summed E-state index contributed by atoms with van der Waals surface area (Å²) in [7, 11) is 0. The van der Waals surface area contributed by atoms with Crippen LogP contribution in [0.3, 0.4) is 0 Å². The minimum Gasteiger partial charge on any atom is -0.444 e. The number of aryl methyl sites for hydroxylation is 1. The molecule has 1 fully saturated rings. The van der Waals surface area contributed by atoms with E-state index in [-0.39, 0.29) is 24.1 Å². The highest BCUT2D eigenvalue weighted by atomic mass is 16.6. The van der Waals surface area contributed by atoms with Crippen LogP contribution >= 0.6 is 0 Å². The molecule has 0 unspecified atom stereocenters. The number of carbonyl (C=O) groups excluding carboxylic acids is 2. The quantitative estimate of drug-likeness (QED) is 0.846. The van der Waals surface area contributed by atoms with Crippen molar-refractivity contribution in [2.45, 2.75) is 65.1 Å². The SMILES string of the molecule is Cc1noc(-c2ccccc2C(=O)N[C@@H]2CCN(C(=O)OC(C)(C)C)[C@@H](C)C2)n1. The molecule has 156 valence electrons. The fourth-order valence-corrected chi connectivity index (χ4v) is 3.43. The monoisotopic (exact) mass is 400 g/mol. The van der Waals surface area contributed by atoms with E-state index in [2.05, 4.69) is 15.5 Å². The van der Waals surface area contributed by atoms with Crippen LogP contribution in [0, 0.1) is 6.92 Å². The van der Waals surface area contributed by atoms with Crippen LogP contribution in [0.2, 0.25) is 0 Å². The van der Waals surface area contributed by atoms with E-state index in [4.69, 9.17) is 9.26 Å². The summed E-state index contributed by atoms with van der Waals surface area (Å²) in [6.45, 7) is 9.79. The van der Waals surface area contributed by atoms with E-state index in [0.717, 1.165) is 0 Å². The average molecular weight is 400 g/mol. The first-order valence-corrected chi connectivity index (χ1v) is 9.84. The Morgan fingerprint density at radius 1 is 1.28 bits per heavy atom. The third-order valence-electron chi connectivity index (χ3n) is 4.77. The lowest BCUT2D eigenvalue weighted by Crippen LogP contribution is -2.52. The Hall–Kier alpha value is -2.90. The summed E-state index contributed by atoms with van der Waals surface area (Å²) in [4.78, 5) is 31.2. The molecule has 1 aliphatic heterocycles. The number of amides is 2. The molecule has 2 amide bonds. The van der Waals surface area contributed by atoms with Gasteiger partial charge in [-0.3, -0.25) is 4.79 Å². The van der Waals surface area contributed by atoms with Crippen LogP contribution in [0.1, 0.15) is 56.7 Å². The second kappa shape index (κ2) is 8.23. The fraction of sp³-hybridized carbons (Fsp3) is 0.524. The van der Waals surface area contributed by atoms with E-state index in [9.17, 15) is 9.59 Å². The van der Waals surface area contributed by atoms with Gasteiger partial charge in [0.1, 0.15) is 5.60 Å². The van der Waals surface area contributed by atoms with E-state index in [1.165, 1.54) is 0 Å². The van der Waals surface area contributed by atoms with Gasteiger partial charge in [0.15, 0.2) is 5.82 Å². The number of likely N-dealkylation sites (tertiary alicyclic amines) is 1. The lowest BCUT2D eigenvalue weighted by molar-refractivity contribution is 0.00960. The molecule has 2 aromatic rings. The standard InChI is InChI=1S/C21H28N4O4/c1-13-12-15(10-11-25(13)20(27)28-21(3,4)5)23-18(26)16-8-6-7-9-17(16)19-22-14(2)24-29-19/h6-9,13,15H,10-12H2,1-5H3,(H,23,26)/t13-,15+/m0/s1. The Bertz CT molecular complexity index is 887. The molecule has 1 saturated heterocycles. The first kappa shape index (κ1) is 20.8. The second-order valence-electron chi connectivity index (χ2n) is 8.41. The second-order valence-corrected chi connectivity index (χ2v) is 8.41. The first-order valence-electron chi connectivity index (χ1n) is 9.84. The zero-order valence-electron chi connectivity index (χ0n) is 17.6. The number of hydrogen-bond donors (Lipinski definition) is 1. The van der Waals surface area contributed by atoms with Crippen LogP contribution in [-0.2, 0) is 4.74 Å². The predicted octanol–water partition coefficient (Wildman–Crippen LogP) is 3.56. The van der Waals surface area contributed by atoms with Gasteiger partial charge in [-0.1, -0.05) is 17.3 Å². The highest BCUT2D eigenvalue weighted by molar-refractivity contribution is 6.00. The van der Waals surface area contributed by atoms with Crippen molar-refractivity contribution in [3.8, 4) is 11.5 Å². The molecule has 0 aliphatic carbocycles. The third kappa shape index (κ3) is 5.13. The average Bonchev–Trinajstić information content (AvgIpc) is 3.06. The summed E-state index contributed by atoms with van der Waals surface area (Å²) < 4.78 is 10.7. The third-order valence-corrected chi connectivity index (χ3v) is 4.77. The number of aromatic nitrogens is 2. The van der Waals surface area contributed by atoms with Crippen molar-refractivity contribution in [1.82, 2.24) is 20.4 Å². The summed E-state index contributed by atoms with van der Waals surface area (Å²) in [6.07, 6.45) is 1.01. The minimum atomic E-state index is -0.529. The maximum absolute atomic E-state index is 12.9. The van der Waals surface area contributed by atoms with E-state index in [1.54, 1.807) is 30.0 Å². The molecule has 1 N–H and O–H groups in total. The van der Waals surface area contributed by atoms with Gasteiger partial charge in [-0.25, -0.2) is 4.79 Å². The molecule has 8 nitrogen and oxygen atoms in total. The summed E-state index contributed by atoms with van der Waals surface area (Å²) in [5.41, 5.74) is 0.557.